The lowest BCUT2D eigenvalue weighted by Gasteiger charge is -2.52. The van der Waals surface area contributed by atoms with Crippen LogP contribution in [0, 0.1) is 11.3 Å². The average Bonchev–Trinajstić information content (AvgIpc) is 2.72. The van der Waals surface area contributed by atoms with Gasteiger partial charge in [-0.2, -0.15) is 0 Å². The molecule has 1 N–H and O–H groups in total. The molecule has 3 heterocycles. The molecule has 1 unspecified atom stereocenters. The summed E-state index contributed by atoms with van der Waals surface area (Å²) in [6, 6.07) is 0.717. The van der Waals surface area contributed by atoms with Crippen LogP contribution in [0.1, 0.15) is 25.7 Å². The van der Waals surface area contributed by atoms with E-state index in [1.54, 1.807) is 0 Å². The second-order valence-electron chi connectivity index (χ2n) is 5.26. The summed E-state index contributed by atoms with van der Waals surface area (Å²) in [5.74, 6) is 0.829. The summed E-state index contributed by atoms with van der Waals surface area (Å²) in [6.07, 6.45) is 5.17. The van der Waals surface area contributed by atoms with Crippen molar-refractivity contribution in [3.63, 3.8) is 0 Å². The zero-order valence-electron chi connectivity index (χ0n) is 9.34. The van der Waals surface area contributed by atoms with E-state index < -0.39 is 0 Å². The van der Waals surface area contributed by atoms with Gasteiger partial charge in [0.05, 0.1) is 13.2 Å². The Kier molecular flexibility index (Phi) is 2.71. The zero-order chi connectivity index (χ0) is 10.1. The fourth-order valence-corrected chi connectivity index (χ4v) is 3.51. The Labute approximate surface area is 91.5 Å². The van der Waals surface area contributed by atoms with Gasteiger partial charge < -0.3 is 14.8 Å². The Morgan fingerprint density at radius 2 is 1.80 bits per heavy atom. The third-order valence-electron chi connectivity index (χ3n) is 4.53. The first-order valence-electron chi connectivity index (χ1n) is 6.31. The summed E-state index contributed by atoms with van der Waals surface area (Å²) >= 11 is 0. The van der Waals surface area contributed by atoms with Crippen molar-refractivity contribution in [3.05, 3.63) is 0 Å². The van der Waals surface area contributed by atoms with Crippen molar-refractivity contribution < 1.29 is 9.47 Å². The molecule has 15 heavy (non-hydrogen) atoms. The molecular weight excluding hydrogens is 190 g/mol. The van der Waals surface area contributed by atoms with Crippen LogP contribution in [0.2, 0.25) is 0 Å². The summed E-state index contributed by atoms with van der Waals surface area (Å²) in [5.41, 5.74) is 0.459. The van der Waals surface area contributed by atoms with Crippen molar-refractivity contribution in [3.8, 4) is 0 Å². The van der Waals surface area contributed by atoms with Crippen LogP contribution < -0.4 is 5.32 Å². The lowest BCUT2D eigenvalue weighted by Crippen LogP contribution is -2.60. The molecule has 3 heteroatoms. The maximum absolute atomic E-state index is 5.52. The number of hydrogen-bond acceptors (Lipinski definition) is 3. The van der Waals surface area contributed by atoms with Gasteiger partial charge in [-0.1, -0.05) is 0 Å². The second kappa shape index (κ2) is 4.04. The molecule has 3 rings (SSSR count). The molecule has 86 valence electrons. The molecule has 0 radical (unpaired) electrons. The predicted octanol–water partition coefficient (Wildman–Crippen LogP) is 1.18. The topological polar surface area (TPSA) is 30.5 Å². The van der Waals surface area contributed by atoms with Gasteiger partial charge in [-0.3, -0.25) is 0 Å². The van der Waals surface area contributed by atoms with E-state index in [1.165, 1.54) is 32.2 Å². The molecule has 3 aliphatic heterocycles. The van der Waals surface area contributed by atoms with Gasteiger partial charge in [0.1, 0.15) is 0 Å². The minimum Gasteiger partial charge on any atom is -0.381 e. The first-order chi connectivity index (χ1) is 7.42. The quantitative estimate of drug-likeness (QED) is 0.744. The molecule has 3 aliphatic rings. The highest BCUT2D eigenvalue weighted by atomic mass is 16.5. The van der Waals surface area contributed by atoms with Crippen LogP contribution in [0.15, 0.2) is 0 Å². The second-order valence-corrected chi connectivity index (χ2v) is 5.26. The molecule has 0 spiro atoms. The van der Waals surface area contributed by atoms with Gasteiger partial charge in [0.25, 0.3) is 0 Å². The SMILES string of the molecule is C1CNC(C2(C3CCOCC3)COC2)C1. The third kappa shape index (κ3) is 1.61. The molecule has 0 saturated carbocycles. The van der Waals surface area contributed by atoms with Crippen molar-refractivity contribution in [1.29, 1.82) is 0 Å². The van der Waals surface area contributed by atoms with E-state index in [1.807, 2.05) is 0 Å². The summed E-state index contributed by atoms with van der Waals surface area (Å²) < 4.78 is 11.0. The Morgan fingerprint density at radius 1 is 1.00 bits per heavy atom. The van der Waals surface area contributed by atoms with Crippen molar-refractivity contribution in [1.82, 2.24) is 5.32 Å². The van der Waals surface area contributed by atoms with Crippen LogP contribution in [0.5, 0.6) is 0 Å². The van der Waals surface area contributed by atoms with Gasteiger partial charge in [-0.15, -0.1) is 0 Å². The van der Waals surface area contributed by atoms with E-state index in [-0.39, 0.29) is 0 Å². The molecule has 0 aliphatic carbocycles. The Hall–Kier alpha value is -0.120. The van der Waals surface area contributed by atoms with Crippen LogP contribution in [0.3, 0.4) is 0 Å². The summed E-state index contributed by atoms with van der Waals surface area (Å²) in [5, 5.41) is 3.68. The summed E-state index contributed by atoms with van der Waals surface area (Å²) in [7, 11) is 0. The molecule has 0 aromatic carbocycles. The molecule has 3 fully saturated rings. The Bertz CT molecular complexity index is 216. The molecular formula is C12H21NO2. The van der Waals surface area contributed by atoms with E-state index in [0.29, 0.717) is 11.5 Å². The standard InChI is InChI=1S/C12H21NO2/c1-2-11(13-5-1)12(8-15-9-12)10-3-6-14-7-4-10/h10-11,13H,1-9H2. The van der Waals surface area contributed by atoms with Gasteiger partial charge in [-0.05, 0) is 38.1 Å². The van der Waals surface area contributed by atoms with Crippen LogP contribution >= 0.6 is 0 Å². The highest BCUT2D eigenvalue weighted by molar-refractivity contribution is 5.02. The third-order valence-corrected chi connectivity index (χ3v) is 4.53. The highest BCUT2D eigenvalue weighted by Gasteiger charge is 2.51. The van der Waals surface area contributed by atoms with Gasteiger partial charge in [0.15, 0.2) is 0 Å². The van der Waals surface area contributed by atoms with Crippen LogP contribution in [-0.2, 0) is 9.47 Å². The Morgan fingerprint density at radius 3 is 2.33 bits per heavy atom. The molecule has 0 aromatic rings. The highest BCUT2D eigenvalue weighted by Crippen LogP contribution is 2.46. The molecule has 3 nitrogen and oxygen atoms in total. The maximum atomic E-state index is 5.52. The van der Waals surface area contributed by atoms with E-state index in [4.69, 9.17) is 9.47 Å². The maximum Gasteiger partial charge on any atom is 0.0562 e. The van der Waals surface area contributed by atoms with E-state index in [2.05, 4.69) is 5.32 Å². The van der Waals surface area contributed by atoms with E-state index in [9.17, 15) is 0 Å². The molecule has 1 atom stereocenters. The number of nitrogens with one attached hydrogen (secondary N) is 1. The first-order valence-corrected chi connectivity index (χ1v) is 6.31. The smallest absolute Gasteiger partial charge is 0.0562 e. The molecule has 0 amide bonds. The van der Waals surface area contributed by atoms with Crippen LogP contribution in [-0.4, -0.2) is 39.0 Å². The van der Waals surface area contributed by atoms with Gasteiger partial charge in [0, 0.05) is 24.7 Å². The minimum atomic E-state index is 0.459. The van der Waals surface area contributed by atoms with Crippen molar-refractivity contribution in [2.75, 3.05) is 33.0 Å². The predicted molar refractivity (Wildman–Crippen MR) is 57.8 cm³/mol. The summed E-state index contributed by atoms with van der Waals surface area (Å²) in [4.78, 5) is 0. The number of rotatable bonds is 2. The molecule has 0 aromatic heterocycles. The van der Waals surface area contributed by atoms with Gasteiger partial charge >= 0.3 is 0 Å². The monoisotopic (exact) mass is 211 g/mol. The fraction of sp³-hybridized carbons (Fsp3) is 1.00. The van der Waals surface area contributed by atoms with Gasteiger partial charge in [0.2, 0.25) is 0 Å². The number of ether oxygens (including phenoxy) is 2. The van der Waals surface area contributed by atoms with E-state index in [0.717, 1.165) is 32.3 Å². The van der Waals surface area contributed by atoms with Crippen LogP contribution in [0.25, 0.3) is 0 Å². The lowest BCUT2D eigenvalue weighted by molar-refractivity contribution is -0.177. The Balaban J connectivity index is 1.72. The van der Waals surface area contributed by atoms with E-state index >= 15 is 0 Å². The largest absolute Gasteiger partial charge is 0.381 e. The zero-order valence-corrected chi connectivity index (χ0v) is 9.34. The molecule has 0 bridgehead atoms. The minimum absolute atomic E-state index is 0.459. The fourth-order valence-electron chi connectivity index (χ4n) is 3.51. The summed E-state index contributed by atoms with van der Waals surface area (Å²) in [6.45, 7) is 5.08. The average molecular weight is 211 g/mol. The van der Waals surface area contributed by atoms with Crippen molar-refractivity contribution >= 4 is 0 Å². The van der Waals surface area contributed by atoms with Crippen molar-refractivity contribution in [2.24, 2.45) is 11.3 Å². The first kappa shape index (κ1) is 10.1. The van der Waals surface area contributed by atoms with Gasteiger partial charge in [-0.25, -0.2) is 0 Å². The lowest BCUT2D eigenvalue weighted by atomic mass is 9.65. The number of hydrogen-bond donors (Lipinski definition) is 1. The molecule has 3 saturated heterocycles. The van der Waals surface area contributed by atoms with Crippen molar-refractivity contribution in [2.45, 2.75) is 31.7 Å². The van der Waals surface area contributed by atoms with Crippen LogP contribution in [0.4, 0.5) is 0 Å². The normalized spacial score (nSPS) is 36.4.